The van der Waals surface area contributed by atoms with Crippen molar-refractivity contribution in [3.8, 4) is 0 Å². The number of carbonyl (C=O) groups is 2. The van der Waals surface area contributed by atoms with Crippen molar-refractivity contribution in [2.45, 2.75) is 0 Å². The normalized spacial score (nSPS) is 9.60. The van der Waals surface area contributed by atoms with E-state index >= 15 is 0 Å². The maximum atomic E-state index is 10.5. The SMILES string of the molecule is O=C(O)CN(CC(=O)O)c1ccncc1. The quantitative estimate of drug-likeness (QED) is 0.714. The number of aliphatic carboxylic acids is 2. The molecule has 2 N–H and O–H groups in total. The zero-order valence-corrected chi connectivity index (χ0v) is 7.83. The van der Waals surface area contributed by atoms with Crippen molar-refractivity contribution in [3.05, 3.63) is 24.5 Å². The number of hydrogen-bond donors (Lipinski definition) is 2. The number of aromatic nitrogens is 1. The highest BCUT2D eigenvalue weighted by Crippen LogP contribution is 2.10. The number of carboxylic acids is 2. The van der Waals surface area contributed by atoms with Crippen LogP contribution in [0.4, 0.5) is 5.69 Å². The molecule has 0 aliphatic heterocycles. The summed E-state index contributed by atoms with van der Waals surface area (Å²) < 4.78 is 0. The molecule has 0 aromatic carbocycles. The van der Waals surface area contributed by atoms with Gasteiger partial charge < -0.3 is 15.1 Å². The zero-order valence-electron chi connectivity index (χ0n) is 7.83. The predicted octanol–water partition coefficient (Wildman–Crippen LogP) is 0.0572. The lowest BCUT2D eigenvalue weighted by Gasteiger charge is -2.19. The summed E-state index contributed by atoms with van der Waals surface area (Å²) in [4.78, 5) is 26.0. The summed E-state index contributed by atoms with van der Waals surface area (Å²) in [6.07, 6.45) is 2.96. The van der Waals surface area contributed by atoms with Crippen LogP contribution < -0.4 is 4.90 Å². The maximum absolute atomic E-state index is 10.5. The fourth-order valence-electron chi connectivity index (χ4n) is 1.12. The van der Waals surface area contributed by atoms with E-state index in [0.29, 0.717) is 5.69 Å². The van der Waals surface area contributed by atoms with Gasteiger partial charge >= 0.3 is 11.9 Å². The molecule has 1 heterocycles. The average Bonchev–Trinajstić information content (AvgIpc) is 2.17. The lowest BCUT2D eigenvalue weighted by atomic mass is 10.3. The fourth-order valence-corrected chi connectivity index (χ4v) is 1.12. The van der Waals surface area contributed by atoms with E-state index < -0.39 is 11.9 Å². The number of anilines is 1. The highest BCUT2D eigenvalue weighted by atomic mass is 16.4. The van der Waals surface area contributed by atoms with Gasteiger partial charge in [-0.3, -0.25) is 14.6 Å². The average molecular weight is 210 g/mol. The molecule has 15 heavy (non-hydrogen) atoms. The van der Waals surface area contributed by atoms with E-state index in [-0.39, 0.29) is 13.1 Å². The number of carboxylic acid groups (broad SMARTS) is 2. The summed E-state index contributed by atoms with van der Waals surface area (Å²) >= 11 is 0. The Morgan fingerprint density at radius 1 is 1.13 bits per heavy atom. The van der Waals surface area contributed by atoms with Gasteiger partial charge in [-0.15, -0.1) is 0 Å². The summed E-state index contributed by atoms with van der Waals surface area (Å²) in [5, 5.41) is 17.2. The second-order valence-electron chi connectivity index (χ2n) is 2.85. The Hall–Kier alpha value is -2.11. The minimum Gasteiger partial charge on any atom is -0.480 e. The Balaban J connectivity index is 2.81. The van der Waals surface area contributed by atoms with Gasteiger partial charge in [0.25, 0.3) is 0 Å². The van der Waals surface area contributed by atoms with Gasteiger partial charge in [0.1, 0.15) is 13.1 Å². The maximum Gasteiger partial charge on any atom is 0.323 e. The first-order valence-electron chi connectivity index (χ1n) is 4.18. The van der Waals surface area contributed by atoms with Crippen molar-refractivity contribution in [3.63, 3.8) is 0 Å². The molecule has 0 aliphatic carbocycles. The highest BCUT2D eigenvalue weighted by Gasteiger charge is 2.13. The van der Waals surface area contributed by atoms with Crippen molar-refractivity contribution in [1.29, 1.82) is 0 Å². The van der Waals surface area contributed by atoms with Gasteiger partial charge in [0.15, 0.2) is 0 Å². The Labute approximate surface area is 85.8 Å². The van der Waals surface area contributed by atoms with Gasteiger partial charge in [0.2, 0.25) is 0 Å². The highest BCUT2D eigenvalue weighted by molar-refractivity contribution is 5.79. The second-order valence-corrected chi connectivity index (χ2v) is 2.85. The molecular formula is C9H10N2O4. The molecule has 1 aromatic heterocycles. The molecule has 0 unspecified atom stereocenters. The molecule has 0 amide bonds. The van der Waals surface area contributed by atoms with E-state index in [1.165, 1.54) is 17.3 Å². The molecule has 80 valence electrons. The number of rotatable bonds is 5. The molecule has 0 saturated heterocycles. The van der Waals surface area contributed by atoms with Crippen LogP contribution in [0.2, 0.25) is 0 Å². The molecular weight excluding hydrogens is 200 g/mol. The molecule has 6 nitrogen and oxygen atoms in total. The van der Waals surface area contributed by atoms with Gasteiger partial charge in [-0.1, -0.05) is 0 Å². The Morgan fingerprint density at radius 3 is 2.00 bits per heavy atom. The standard InChI is InChI=1S/C9H10N2O4/c12-8(13)5-11(6-9(14)15)7-1-3-10-4-2-7/h1-4H,5-6H2,(H,12,13)(H,14,15). The molecule has 0 radical (unpaired) electrons. The number of hydrogen-bond acceptors (Lipinski definition) is 4. The van der Waals surface area contributed by atoms with Crippen LogP contribution in [0.5, 0.6) is 0 Å². The first kappa shape index (κ1) is 11.0. The van der Waals surface area contributed by atoms with Crippen molar-refractivity contribution < 1.29 is 19.8 Å². The minimum absolute atomic E-state index is 0.351. The number of pyridine rings is 1. The van der Waals surface area contributed by atoms with Crippen molar-refractivity contribution in [2.75, 3.05) is 18.0 Å². The third-order valence-electron chi connectivity index (χ3n) is 1.68. The van der Waals surface area contributed by atoms with Crippen LogP contribution in [-0.4, -0.2) is 40.2 Å². The molecule has 0 atom stereocenters. The third-order valence-corrected chi connectivity index (χ3v) is 1.68. The summed E-state index contributed by atoms with van der Waals surface area (Å²) in [6.45, 7) is -0.702. The van der Waals surface area contributed by atoms with Crippen LogP contribution in [0.3, 0.4) is 0 Å². The zero-order chi connectivity index (χ0) is 11.3. The summed E-state index contributed by atoms with van der Waals surface area (Å²) in [5.74, 6) is -2.15. The molecule has 0 bridgehead atoms. The largest absolute Gasteiger partial charge is 0.480 e. The Morgan fingerprint density at radius 2 is 1.60 bits per heavy atom. The molecule has 0 spiro atoms. The summed E-state index contributed by atoms with van der Waals surface area (Å²) in [7, 11) is 0. The van der Waals surface area contributed by atoms with E-state index in [1.807, 2.05) is 0 Å². The topological polar surface area (TPSA) is 90.7 Å². The van der Waals surface area contributed by atoms with Crippen LogP contribution in [-0.2, 0) is 9.59 Å². The Kier molecular flexibility index (Phi) is 3.61. The minimum atomic E-state index is -1.08. The molecule has 6 heteroatoms. The first-order valence-corrected chi connectivity index (χ1v) is 4.18. The van der Waals surface area contributed by atoms with Gasteiger partial charge in [-0.2, -0.15) is 0 Å². The van der Waals surface area contributed by atoms with Crippen LogP contribution >= 0.6 is 0 Å². The van der Waals surface area contributed by atoms with Crippen molar-refractivity contribution in [2.24, 2.45) is 0 Å². The number of nitrogens with zero attached hydrogens (tertiary/aromatic N) is 2. The smallest absolute Gasteiger partial charge is 0.323 e. The molecule has 1 rings (SSSR count). The van der Waals surface area contributed by atoms with E-state index in [4.69, 9.17) is 10.2 Å². The van der Waals surface area contributed by atoms with Gasteiger partial charge in [0, 0.05) is 18.1 Å². The van der Waals surface area contributed by atoms with E-state index in [2.05, 4.69) is 4.98 Å². The Bertz CT molecular complexity index is 336. The molecule has 1 aromatic rings. The van der Waals surface area contributed by atoms with Crippen LogP contribution in [0, 0.1) is 0 Å². The third kappa shape index (κ3) is 3.63. The van der Waals surface area contributed by atoms with Gasteiger partial charge in [-0.05, 0) is 12.1 Å². The molecule has 0 saturated carbocycles. The molecule has 0 aliphatic rings. The fraction of sp³-hybridized carbons (Fsp3) is 0.222. The molecule has 0 fully saturated rings. The van der Waals surface area contributed by atoms with Crippen LogP contribution in [0.1, 0.15) is 0 Å². The lowest BCUT2D eigenvalue weighted by molar-refractivity contribution is -0.136. The summed E-state index contributed by atoms with van der Waals surface area (Å²) in [5.41, 5.74) is 0.523. The van der Waals surface area contributed by atoms with Crippen molar-refractivity contribution in [1.82, 2.24) is 4.98 Å². The second kappa shape index (κ2) is 4.94. The summed E-state index contributed by atoms with van der Waals surface area (Å²) in [6, 6.07) is 3.12. The first-order chi connectivity index (χ1) is 7.09. The van der Waals surface area contributed by atoms with Gasteiger partial charge in [-0.25, -0.2) is 0 Å². The van der Waals surface area contributed by atoms with Crippen LogP contribution in [0.25, 0.3) is 0 Å². The van der Waals surface area contributed by atoms with Gasteiger partial charge in [0.05, 0.1) is 0 Å². The predicted molar refractivity (Wildman–Crippen MR) is 51.7 cm³/mol. The van der Waals surface area contributed by atoms with E-state index in [9.17, 15) is 9.59 Å². The van der Waals surface area contributed by atoms with E-state index in [1.54, 1.807) is 12.1 Å². The monoisotopic (exact) mass is 210 g/mol. The van der Waals surface area contributed by atoms with Crippen LogP contribution in [0.15, 0.2) is 24.5 Å². The van der Waals surface area contributed by atoms with Crippen molar-refractivity contribution >= 4 is 17.6 Å². The van der Waals surface area contributed by atoms with E-state index in [0.717, 1.165) is 0 Å². The lowest BCUT2D eigenvalue weighted by Crippen LogP contribution is -2.34.